The fourth-order valence-electron chi connectivity index (χ4n) is 1.96. The molecule has 2 N–H and O–H groups in total. The number of nitrogens with two attached hydrogens (primary N) is 1. The molecule has 0 spiro atoms. The zero-order valence-electron chi connectivity index (χ0n) is 11.6. The van der Waals surface area contributed by atoms with Crippen LogP contribution in [0.3, 0.4) is 0 Å². The summed E-state index contributed by atoms with van der Waals surface area (Å²) in [7, 11) is 1.79. The minimum absolute atomic E-state index is 0.0512. The number of anilines is 1. The molecule has 0 aliphatic rings. The van der Waals surface area contributed by atoms with Crippen molar-refractivity contribution in [1.82, 2.24) is 4.90 Å². The van der Waals surface area contributed by atoms with Crippen LogP contribution in [-0.4, -0.2) is 17.9 Å². The predicted octanol–water partition coefficient (Wildman–Crippen LogP) is 3.61. The van der Waals surface area contributed by atoms with Crippen LogP contribution in [0.4, 0.5) is 5.69 Å². The van der Waals surface area contributed by atoms with Crippen molar-refractivity contribution >= 4 is 27.5 Å². The maximum Gasteiger partial charge on any atom is 0.255 e. The molecular formula is C16H17BrN2O. The highest BCUT2D eigenvalue weighted by atomic mass is 79.9. The summed E-state index contributed by atoms with van der Waals surface area (Å²) in [4.78, 5) is 14.1. The molecule has 2 rings (SSSR count). The first-order valence-corrected chi connectivity index (χ1v) is 7.13. The van der Waals surface area contributed by atoms with Gasteiger partial charge in [0.2, 0.25) is 0 Å². The lowest BCUT2D eigenvalue weighted by atomic mass is 10.1. The highest BCUT2D eigenvalue weighted by Crippen LogP contribution is 2.25. The summed E-state index contributed by atoms with van der Waals surface area (Å²) in [6, 6.07) is 13.5. The number of rotatable bonds is 3. The van der Waals surface area contributed by atoms with E-state index >= 15 is 0 Å². The molecule has 4 heteroatoms. The molecule has 0 saturated carbocycles. The van der Waals surface area contributed by atoms with E-state index in [0.29, 0.717) is 22.3 Å². The van der Waals surface area contributed by atoms with Crippen LogP contribution < -0.4 is 5.73 Å². The van der Waals surface area contributed by atoms with Gasteiger partial charge in [0.05, 0.1) is 10.0 Å². The SMILES string of the molecule is Cc1ccc(CN(C)C(=O)c2cccc(N)c2Br)cc1. The van der Waals surface area contributed by atoms with Crippen LogP contribution in [0, 0.1) is 6.92 Å². The molecular weight excluding hydrogens is 316 g/mol. The molecule has 0 unspecified atom stereocenters. The molecule has 0 fully saturated rings. The first kappa shape index (κ1) is 14.6. The summed E-state index contributed by atoms with van der Waals surface area (Å²) < 4.78 is 0.653. The molecule has 0 heterocycles. The standard InChI is InChI=1S/C16H17BrN2O/c1-11-6-8-12(9-7-11)10-19(2)16(20)13-4-3-5-14(18)15(13)17/h3-9H,10,18H2,1-2H3. The van der Waals surface area contributed by atoms with E-state index in [1.807, 2.05) is 31.2 Å². The van der Waals surface area contributed by atoms with Crippen molar-refractivity contribution in [2.24, 2.45) is 0 Å². The molecule has 0 aliphatic carbocycles. The van der Waals surface area contributed by atoms with Gasteiger partial charge in [-0.05, 0) is 40.5 Å². The number of hydrogen-bond acceptors (Lipinski definition) is 2. The van der Waals surface area contributed by atoms with E-state index < -0.39 is 0 Å². The molecule has 3 nitrogen and oxygen atoms in total. The van der Waals surface area contributed by atoms with E-state index in [9.17, 15) is 4.79 Å². The number of nitrogens with zero attached hydrogens (tertiary/aromatic N) is 1. The Bertz CT molecular complexity index is 623. The summed E-state index contributed by atoms with van der Waals surface area (Å²) in [6.07, 6.45) is 0. The van der Waals surface area contributed by atoms with E-state index in [0.717, 1.165) is 5.56 Å². The summed E-state index contributed by atoms with van der Waals surface area (Å²) >= 11 is 3.37. The molecule has 0 saturated heterocycles. The van der Waals surface area contributed by atoms with Crippen LogP contribution in [0.1, 0.15) is 21.5 Å². The van der Waals surface area contributed by atoms with Crippen molar-refractivity contribution in [1.29, 1.82) is 0 Å². The summed E-state index contributed by atoms with van der Waals surface area (Å²) in [5, 5.41) is 0. The number of carbonyl (C=O) groups is 1. The molecule has 1 amide bonds. The lowest BCUT2D eigenvalue weighted by Gasteiger charge is -2.18. The van der Waals surface area contributed by atoms with Gasteiger partial charge in [0, 0.05) is 19.3 Å². The molecule has 2 aromatic carbocycles. The Morgan fingerprint density at radius 1 is 1.20 bits per heavy atom. The second kappa shape index (κ2) is 6.09. The Morgan fingerprint density at radius 2 is 1.85 bits per heavy atom. The lowest BCUT2D eigenvalue weighted by molar-refractivity contribution is 0.0784. The van der Waals surface area contributed by atoms with E-state index in [2.05, 4.69) is 15.9 Å². The summed E-state index contributed by atoms with van der Waals surface area (Å²) in [6.45, 7) is 2.61. The maximum atomic E-state index is 12.4. The molecule has 0 atom stereocenters. The van der Waals surface area contributed by atoms with Gasteiger partial charge >= 0.3 is 0 Å². The summed E-state index contributed by atoms with van der Waals surface area (Å²) in [5.41, 5.74) is 9.27. The molecule has 0 aliphatic heterocycles. The third kappa shape index (κ3) is 3.20. The highest BCUT2D eigenvalue weighted by Gasteiger charge is 2.16. The quantitative estimate of drug-likeness (QED) is 0.872. The Morgan fingerprint density at radius 3 is 2.50 bits per heavy atom. The summed E-state index contributed by atoms with van der Waals surface area (Å²) in [5.74, 6) is -0.0512. The number of halogens is 1. The van der Waals surface area contributed by atoms with Crippen molar-refractivity contribution in [3.8, 4) is 0 Å². The minimum atomic E-state index is -0.0512. The van der Waals surface area contributed by atoms with E-state index in [4.69, 9.17) is 5.73 Å². The largest absolute Gasteiger partial charge is 0.398 e. The van der Waals surface area contributed by atoms with Crippen LogP contribution in [0.2, 0.25) is 0 Å². The van der Waals surface area contributed by atoms with Crippen LogP contribution in [0.15, 0.2) is 46.9 Å². The second-order valence-corrected chi connectivity index (χ2v) is 5.65. The first-order chi connectivity index (χ1) is 9.49. The van der Waals surface area contributed by atoms with Crippen molar-refractivity contribution in [3.63, 3.8) is 0 Å². The number of benzene rings is 2. The molecule has 0 radical (unpaired) electrons. The van der Waals surface area contributed by atoms with Crippen LogP contribution in [-0.2, 0) is 6.54 Å². The van der Waals surface area contributed by atoms with E-state index in [1.165, 1.54) is 5.56 Å². The van der Waals surface area contributed by atoms with Gasteiger partial charge in [-0.2, -0.15) is 0 Å². The van der Waals surface area contributed by atoms with Crippen LogP contribution >= 0.6 is 15.9 Å². The van der Waals surface area contributed by atoms with Gasteiger partial charge in [-0.15, -0.1) is 0 Å². The van der Waals surface area contributed by atoms with Crippen molar-refractivity contribution < 1.29 is 4.79 Å². The fraction of sp³-hybridized carbons (Fsp3) is 0.188. The Kier molecular flexibility index (Phi) is 4.45. The smallest absolute Gasteiger partial charge is 0.255 e. The zero-order valence-corrected chi connectivity index (χ0v) is 13.1. The van der Waals surface area contributed by atoms with Crippen LogP contribution in [0.5, 0.6) is 0 Å². The number of amides is 1. The Labute approximate surface area is 127 Å². The first-order valence-electron chi connectivity index (χ1n) is 6.34. The average molecular weight is 333 g/mol. The topological polar surface area (TPSA) is 46.3 Å². The molecule has 2 aromatic rings. The van der Waals surface area contributed by atoms with Gasteiger partial charge in [-0.1, -0.05) is 35.9 Å². The highest BCUT2D eigenvalue weighted by molar-refractivity contribution is 9.10. The third-order valence-electron chi connectivity index (χ3n) is 3.15. The van der Waals surface area contributed by atoms with Gasteiger partial charge < -0.3 is 10.6 Å². The lowest BCUT2D eigenvalue weighted by Crippen LogP contribution is -2.26. The number of aryl methyl sites for hydroxylation is 1. The third-order valence-corrected chi connectivity index (χ3v) is 4.03. The van der Waals surface area contributed by atoms with E-state index in [-0.39, 0.29) is 5.91 Å². The fourth-order valence-corrected chi connectivity index (χ4v) is 2.39. The molecule has 104 valence electrons. The average Bonchev–Trinajstić information content (AvgIpc) is 2.43. The van der Waals surface area contributed by atoms with Gasteiger partial charge in [0.25, 0.3) is 5.91 Å². The van der Waals surface area contributed by atoms with Gasteiger partial charge in [-0.3, -0.25) is 4.79 Å². The van der Waals surface area contributed by atoms with Crippen molar-refractivity contribution in [2.75, 3.05) is 12.8 Å². The number of carbonyl (C=O) groups excluding carboxylic acids is 1. The van der Waals surface area contributed by atoms with Crippen LogP contribution in [0.25, 0.3) is 0 Å². The van der Waals surface area contributed by atoms with Gasteiger partial charge in [0.15, 0.2) is 0 Å². The number of hydrogen-bond donors (Lipinski definition) is 1. The van der Waals surface area contributed by atoms with Gasteiger partial charge in [0.1, 0.15) is 0 Å². The van der Waals surface area contributed by atoms with Crippen molar-refractivity contribution in [2.45, 2.75) is 13.5 Å². The molecule has 20 heavy (non-hydrogen) atoms. The second-order valence-electron chi connectivity index (χ2n) is 4.86. The molecule has 0 bridgehead atoms. The zero-order chi connectivity index (χ0) is 14.7. The normalized spacial score (nSPS) is 10.3. The predicted molar refractivity (Wildman–Crippen MR) is 85.5 cm³/mol. The maximum absolute atomic E-state index is 12.4. The monoisotopic (exact) mass is 332 g/mol. The van der Waals surface area contributed by atoms with Crippen molar-refractivity contribution in [3.05, 3.63) is 63.6 Å². The Balaban J connectivity index is 2.16. The van der Waals surface area contributed by atoms with Gasteiger partial charge in [-0.25, -0.2) is 0 Å². The minimum Gasteiger partial charge on any atom is -0.398 e. The molecule has 0 aromatic heterocycles. The number of nitrogen functional groups attached to an aromatic ring is 1. The Hall–Kier alpha value is -1.81. The van der Waals surface area contributed by atoms with E-state index in [1.54, 1.807) is 30.1 Å².